The average Bonchev–Trinajstić information content (AvgIpc) is 2.77. The number of hydrogen-bond donors (Lipinski definition) is 1. The average molecular weight is 254 g/mol. The van der Waals surface area contributed by atoms with E-state index in [1.165, 1.54) is 0 Å². The van der Waals surface area contributed by atoms with Crippen LogP contribution in [-0.4, -0.2) is 17.2 Å². The lowest BCUT2D eigenvalue weighted by molar-refractivity contribution is -0.143. The van der Waals surface area contributed by atoms with Crippen molar-refractivity contribution < 1.29 is 14.6 Å². The molecule has 1 aliphatic heterocycles. The molecule has 1 saturated heterocycles. The Morgan fingerprint density at radius 3 is 2.68 bits per heavy atom. The van der Waals surface area contributed by atoms with Gasteiger partial charge < -0.3 is 9.84 Å². The van der Waals surface area contributed by atoms with Crippen molar-refractivity contribution >= 4 is 16.7 Å². The highest BCUT2D eigenvalue weighted by Gasteiger charge is 2.34. The lowest BCUT2D eigenvalue weighted by Gasteiger charge is -2.18. The van der Waals surface area contributed by atoms with E-state index in [4.69, 9.17) is 4.74 Å². The van der Waals surface area contributed by atoms with Crippen molar-refractivity contribution in [1.29, 1.82) is 0 Å². The first kappa shape index (κ1) is 11.9. The molecular weight excluding hydrogens is 240 g/mol. The van der Waals surface area contributed by atoms with Crippen LogP contribution in [0.4, 0.5) is 0 Å². The van der Waals surface area contributed by atoms with Crippen LogP contribution in [0.5, 0.6) is 0 Å². The Morgan fingerprint density at radius 1 is 1.21 bits per heavy atom. The van der Waals surface area contributed by atoms with Gasteiger partial charge in [0.25, 0.3) is 0 Å². The normalized spacial score (nSPS) is 20.6. The Labute approximate surface area is 111 Å². The molecule has 3 heteroatoms. The largest absolute Gasteiger partial charge is 0.456 e. The van der Waals surface area contributed by atoms with Crippen LogP contribution >= 0.6 is 0 Å². The highest BCUT2D eigenvalue weighted by molar-refractivity contribution is 5.90. The molecule has 3 nitrogen and oxygen atoms in total. The highest BCUT2D eigenvalue weighted by Crippen LogP contribution is 2.33. The van der Waals surface area contributed by atoms with Gasteiger partial charge in [0, 0.05) is 12.0 Å². The SMILES string of the molecule is C=C1C[C@H]([C@H](O)c2cccc3ccccc23)OC1=O. The van der Waals surface area contributed by atoms with Crippen LogP contribution in [0.1, 0.15) is 18.1 Å². The summed E-state index contributed by atoms with van der Waals surface area (Å²) < 4.78 is 5.15. The molecule has 1 fully saturated rings. The predicted molar refractivity (Wildman–Crippen MR) is 72.5 cm³/mol. The van der Waals surface area contributed by atoms with E-state index in [9.17, 15) is 9.90 Å². The van der Waals surface area contributed by atoms with Gasteiger partial charge in [-0.3, -0.25) is 0 Å². The van der Waals surface area contributed by atoms with E-state index in [2.05, 4.69) is 6.58 Å². The number of carbonyl (C=O) groups excluding carboxylic acids is 1. The topological polar surface area (TPSA) is 46.5 Å². The molecule has 0 bridgehead atoms. The third-order valence-corrected chi connectivity index (χ3v) is 3.49. The maximum Gasteiger partial charge on any atom is 0.333 e. The Hall–Kier alpha value is -2.13. The van der Waals surface area contributed by atoms with Crippen LogP contribution in [0.25, 0.3) is 10.8 Å². The molecule has 0 radical (unpaired) electrons. The second-order valence-corrected chi connectivity index (χ2v) is 4.76. The molecule has 2 aromatic carbocycles. The molecule has 3 rings (SSSR count). The minimum absolute atomic E-state index is 0.378. The van der Waals surface area contributed by atoms with Crippen molar-refractivity contribution in [3.8, 4) is 0 Å². The van der Waals surface area contributed by atoms with Gasteiger partial charge in [-0.1, -0.05) is 49.0 Å². The highest BCUT2D eigenvalue weighted by atomic mass is 16.6. The van der Waals surface area contributed by atoms with Crippen molar-refractivity contribution in [2.75, 3.05) is 0 Å². The summed E-state index contributed by atoms with van der Waals surface area (Å²) in [6.07, 6.45) is -0.983. The first-order chi connectivity index (χ1) is 9.16. The Bertz CT molecular complexity index is 639. The van der Waals surface area contributed by atoms with E-state index < -0.39 is 18.2 Å². The molecule has 2 aromatic rings. The number of rotatable bonds is 2. The number of benzene rings is 2. The summed E-state index contributed by atoms with van der Waals surface area (Å²) in [6.45, 7) is 3.64. The molecule has 96 valence electrons. The summed E-state index contributed by atoms with van der Waals surface area (Å²) in [7, 11) is 0. The van der Waals surface area contributed by atoms with Crippen molar-refractivity contribution in [2.45, 2.75) is 18.6 Å². The number of cyclic esters (lactones) is 1. The minimum Gasteiger partial charge on any atom is -0.456 e. The molecule has 0 aliphatic carbocycles. The lowest BCUT2D eigenvalue weighted by Crippen LogP contribution is -2.18. The summed E-state index contributed by atoms with van der Waals surface area (Å²) >= 11 is 0. The number of aliphatic hydroxyl groups is 1. The maximum atomic E-state index is 11.4. The molecule has 2 atom stereocenters. The monoisotopic (exact) mass is 254 g/mol. The molecule has 0 unspecified atom stereocenters. The maximum absolute atomic E-state index is 11.4. The molecule has 1 N–H and O–H groups in total. The van der Waals surface area contributed by atoms with E-state index in [1.54, 1.807) is 0 Å². The zero-order valence-electron chi connectivity index (χ0n) is 10.4. The van der Waals surface area contributed by atoms with Gasteiger partial charge in [0.05, 0.1) is 0 Å². The van der Waals surface area contributed by atoms with Gasteiger partial charge in [-0.25, -0.2) is 4.79 Å². The molecule has 0 aromatic heterocycles. The van der Waals surface area contributed by atoms with E-state index >= 15 is 0 Å². The predicted octanol–water partition coefficient (Wildman–Crippen LogP) is 2.74. The molecule has 0 saturated carbocycles. The molecular formula is C16H14O3. The lowest BCUT2D eigenvalue weighted by atomic mass is 9.96. The van der Waals surface area contributed by atoms with E-state index in [0.717, 1.165) is 16.3 Å². The zero-order chi connectivity index (χ0) is 13.4. The van der Waals surface area contributed by atoms with Crippen molar-refractivity contribution in [2.24, 2.45) is 0 Å². The van der Waals surface area contributed by atoms with Gasteiger partial charge in [-0.05, 0) is 16.3 Å². The van der Waals surface area contributed by atoms with Crippen molar-refractivity contribution in [3.05, 3.63) is 60.2 Å². The van der Waals surface area contributed by atoms with Crippen LogP contribution in [0.3, 0.4) is 0 Å². The van der Waals surface area contributed by atoms with Crippen LogP contribution in [0.2, 0.25) is 0 Å². The van der Waals surface area contributed by atoms with E-state index in [0.29, 0.717) is 12.0 Å². The molecule has 0 amide bonds. The molecule has 1 heterocycles. The number of carbonyl (C=O) groups is 1. The number of esters is 1. The molecule has 0 spiro atoms. The summed E-state index contributed by atoms with van der Waals surface area (Å²) in [5.74, 6) is -0.413. The fourth-order valence-corrected chi connectivity index (χ4v) is 2.47. The fourth-order valence-electron chi connectivity index (χ4n) is 2.47. The van der Waals surface area contributed by atoms with E-state index in [1.807, 2.05) is 42.5 Å². The molecule has 19 heavy (non-hydrogen) atoms. The van der Waals surface area contributed by atoms with Gasteiger partial charge in [0.15, 0.2) is 0 Å². The van der Waals surface area contributed by atoms with Gasteiger partial charge in [0.2, 0.25) is 0 Å². The smallest absolute Gasteiger partial charge is 0.333 e. The van der Waals surface area contributed by atoms with E-state index in [-0.39, 0.29) is 0 Å². The Morgan fingerprint density at radius 2 is 1.95 bits per heavy atom. The second-order valence-electron chi connectivity index (χ2n) is 4.76. The minimum atomic E-state index is -0.825. The number of aliphatic hydroxyl groups excluding tert-OH is 1. The van der Waals surface area contributed by atoms with Gasteiger partial charge in [-0.2, -0.15) is 0 Å². The standard InChI is InChI=1S/C16H14O3/c1-10-9-14(19-16(10)18)15(17)13-8-4-6-11-5-2-3-7-12(11)13/h2-8,14-15,17H,1,9H2/t14-,15-/m1/s1. The van der Waals surface area contributed by atoms with Crippen LogP contribution in [-0.2, 0) is 9.53 Å². The molecule has 1 aliphatic rings. The fraction of sp³-hybridized carbons (Fsp3) is 0.188. The first-order valence-electron chi connectivity index (χ1n) is 6.21. The van der Waals surface area contributed by atoms with Crippen LogP contribution in [0, 0.1) is 0 Å². The summed E-state index contributed by atoms with van der Waals surface area (Å²) in [5.41, 5.74) is 1.20. The zero-order valence-corrected chi connectivity index (χ0v) is 10.4. The quantitative estimate of drug-likeness (QED) is 0.662. The second kappa shape index (κ2) is 4.52. The Balaban J connectivity index is 2.00. The third kappa shape index (κ3) is 2.02. The van der Waals surface area contributed by atoms with Crippen molar-refractivity contribution in [1.82, 2.24) is 0 Å². The van der Waals surface area contributed by atoms with Crippen molar-refractivity contribution in [3.63, 3.8) is 0 Å². The van der Waals surface area contributed by atoms with Gasteiger partial charge >= 0.3 is 5.97 Å². The number of ether oxygens (including phenoxy) is 1. The van der Waals surface area contributed by atoms with Crippen LogP contribution in [0.15, 0.2) is 54.6 Å². The third-order valence-electron chi connectivity index (χ3n) is 3.49. The summed E-state index contributed by atoms with van der Waals surface area (Å²) in [6, 6.07) is 13.6. The summed E-state index contributed by atoms with van der Waals surface area (Å²) in [4.78, 5) is 11.4. The Kier molecular flexibility index (Phi) is 2.84. The van der Waals surface area contributed by atoms with Gasteiger partial charge in [0.1, 0.15) is 12.2 Å². The van der Waals surface area contributed by atoms with Crippen LogP contribution < -0.4 is 0 Å². The number of hydrogen-bond acceptors (Lipinski definition) is 3. The first-order valence-corrected chi connectivity index (χ1v) is 6.21. The van der Waals surface area contributed by atoms with Gasteiger partial charge in [-0.15, -0.1) is 0 Å². The number of fused-ring (bicyclic) bond motifs is 1. The summed E-state index contributed by atoms with van der Waals surface area (Å²) in [5, 5.41) is 12.5.